The number of hydrogen-bond donors (Lipinski definition) is 2. The Hall–Kier alpha value is -2.82. The first-order valence-corrected chi connectivity index (χ1v) is 8.88. The summed E-state index contributed by atoms with van der Waals surface area (Å²) in [7, 11) is 3.97. The number of nitrogens with zero attached hydrogens (tertiary/aromatic N) is 1. The highest BCUT2D eigenvalue weighted by atomic mass is 19.1. The van der Waals surface area contributed by atoms with Gasteiger partial charge < -0.3 is 15.2 Å². The summed E-state index contributed by atoms with van der Waals surface area (Å²) in [5.41, 5.74) is 5.04. The molecule has 2 N–H and O–H groups in total. The molecule has 0 saturated heterocycles. The van der Waals surface area contributed by atoms with E-state index in [-0.39, 0.29) is 17.6 Å². The molecule has 1 unspecified atom stereocenters. The van der Waals surface area contributed by atoms with Gasteiger partial charge in [0.05, 0.1) is 0 Å². The van der Waals surface area contributed by atoms with Crippen LogP contribution < -0.4 is 10.2 Å². The number of nitrogens with one attached hydrogen (secondary N) is 2. The van der Waals surface area contributed by atoms with Crippen molar-refractivity contribution in [2.45, 2.75) is 19.3 Å². The van der Waals surface area contributed by atoms with Crippen molar-refractivity contribution in [3.63, 3.8) is 0 Å². The van der Waals surface area contributed by atoms with Crippen molar-refractivity contribution in [2.24, 2.45) is 5.92 Å². The van der Waals surface area contributed by atoms with E-state index in [0.29, 0.717) is 6.42 Å². The van der Waals surface area contributed by atoms with Gasteiger partial charge in [0, 0.05) is 48.0 Å². The molecule has 4 nitrogen and oxygen atoms in total. The molecular formula is C21H22FN3O. The van der Waals surface area contributed by atoms with Gasteiger partial charge in [-0.1, -0.05) is 0 Å². The summed E-state index contributed by atoms with van der Waals surface area (Å²) in [6.07, 6.45) is 2.24. The largest absolute Gasteiger partial charge is 0.378 e. The number of benzene rings is 2. The Labute approximate surface area is 152 Å². The lowest BCUT2D eigenvalue weighted by atomic mass is 9.85. The maximum Gasteiger partial charge on any atom is 0.227 e. The monoisotopic (exact) mass is 351 g/mol. The highest BCUT2D eigenvalue weighted by molar-refractivity contribution is 5.94. The van der Waals surface area contributed by atoms with Crippen LogP contribution >= 0.6 is 0 Å². The first-order valence-electron chi connectivity index (χ1n) is 8.88. The lowest BCUT2D eigenvalue weighted by molar-refractivity contribution is -0.120. The number of carbonyl (C=O) groups excluding carboxylic acids is 1. The third kappa shape index (κ3) is 3.05. The summed E-state index contributed by atoms with van der Waals surface area (Å²) in [6.45, 7) is 0. The quantitative estimate of drug-likeness (QED) is 0.746. The number of halogens is 1. The summed E-state index contributed by atoms with van der Waals surface area (Å²) in [4.78, 5) is 18.1. The minimum atomic E-state index is -0.244. The molecule has 1 aliphatic rings. The van der Waals surface area contributed by atoms with Gasteiger partial charge in [-0.3, -0.25) is 4.79 Å². The van der Waals surface area contributed by atoms with Crippen LogP contribution in [0.2, 0.25) is 0 Å². The SMILES string of the molecule is CN(C)c1ccc(NC(=O)C2CCc3[nH]c4ccc(F)cc4c3C2)cc1. The van der Waals surface area contributed by atoms with E-state index in [1.807, 2.05) is 43.3 Å². The maximum atomic E-state index is 13.6. The minimum Gasteiger partial charge on any atom is -0.378 e. The van der Waals surface area contributed by atoms with Crippen molar-refractivity contribution in [3.05, 3.63) is 59.5 Å². The summed E-state index contributed by atoms with van der Waals surface area (Å²) in [5, 5.41) is 3.91. The normalized spacial score (nSPS) is 16.3. The zero-order valence-electron chi connectivity index (χ0n) is 15.0. The molecule has 0 bridgehead atoms. The molecule has 2 aromatic carbocycles. The van der Waals surface area contributed by atoms with Crippen LogP contribution in [0.25, 0.3) is 10.9 Å². The number of carbonyl (C=O) groups is 1. The molecule has 5 heteroatoms. The number of H-pyrrole nitrogens is 1. The van der Waals surface area contributed by atoms with Gasteiger partial charge in [0.25, 0.3) is 0 Å². The first kappa shape index (κ1) is 16.6. The molecule has 0 aliphatic heterocycles. The van der Waals surface area contributed by atoms with Gasteiger partial charge in [0.1, 0.15) is 5.82 Å². The van der Waals surface area contributed by atoms with Crippen LogP contribution in [0, 0.1) is 11.7 Å². The zero-order valence-corrected chi connectivity index (χ0v) is 15.0. The Bertz CT molecular complexity index is 959. The summed E-state index contributed by atoms with van der Waals surface area (Å²) in [5.74, 6) is -0.316. The van der Waals surface area contributed by atoms with Crippen LogP contribution in [-0.4, -0.2) is 25.0 Å². The molecular weight excluding hydrogens is 329 g/mol. The molecule has 26 heavy (non-hydrogen) atoms. The van der Waals surface area contributed by atoms with Crippen molar-refractivity contribution in [1.29, 1.82) is 0 Å². The fourth-order valence-corrected chi connectivity index (χ4v) is 3.70. The Morgan fingerprint density at radius 1 is 1.19 bits per heavy atom. The Kier molecular flexibility index (Phi) is 4.15. The van der Waals surface area contributed by atoms with Crippen LogP contribution in [0.15, 0.2) is 42.5 Å². The fourth-order valence-electron chi connectivity index (χ4n) is 3.70. The third-order valence-corrected chi connectivity index (χ3v) is 5.17. The number of aromatic amines is 1. The number of rotatable bonds is 3. The smallest absolute Gasteiger partial charge is 0.227 e. The molecule has 1 amide bonds. The molecule has 0 spiro atoms. The molecule has 134 valence electrons. The van der Waals surface area contributed by atoms with Crippen molar-refractivity contribution in [3.8, 4) is 0 Å². The van der Waals surface area contributed by atoms with E-state index in [2.05, 4.69) is 10.3 Å². The van der Waals surface area contributed by atoms with E-state index in [1.165, 1.54) is 6.07 Å². The van der Waals surface area contributed by atoms with E-state index < -0.39 is 0 Å². The van der Waals surface area contributed by atoms with Gasteiger partial charge in [-0.05, 0) is 67.3 Å². The lowest BCUT2D eigenvalue weighted by Gasteiger charge is -2.22. The third-order valence-electron chi connectivity index (χ3n) is 5.17. The number of hydrogen-bond acceptors (Lipinski definition) is 2. The van der Waals surface area contributed by atoms with Crippen molar-refractivity contribution < 1.29 is 9.18 Å². The summed E-state index contributed by atoms with van der Waals surface area (Å²) < 4.78 is 13.6. The minimum absolute atomic E-state index is 0.0269. The van der Waals surface area contributed by atoms with E-state index in [1.54, 1.807) is 12.1 Å². The van der Waals surface area contributed by atoms with E-state index in [4.69, 9.17) is 0 Å². The summed E-state index contributed by atoms with van der Waals surface area (Å²) >= 11 is 0. The first-order chi connectivity index (χ1) is 12.5. The van der Waals surface area contributed by atoms with E-state index in [0.717, 1.165) is 46.4 Å². The van der Waals surface area contributed by atoms with Crippen LogP contribution in [0.4, 0.5) is 15.8 Å². The average Bonchev–Trinajstić information content (AvgIpc) is 2.99. The zero-order chi connectivity index (χ0) is 18.3. The number of aromatic nitrogens is 1. The van der Waals surface area contributed by atoms with Crippen LogP contribution in [0.1, 0.15) is 17.7 Å². The van der Waals surface area contributed by atoms with E-state index in [9.17, 15) is 9.18 Å². The van der Waals surface area contributed by atoms with Crippen LogP contribution in [0.5, 0.6) is 0 Å². The maximum absolute atomic E-state index is 13.6. The number of amides is 1. The molecule has 4 rings (SSSR count). The fraction of sp³-hybridized carbons (Fsp3) is 0.286. The van der Waals surface area contributed by atoms with Crippen molar-refractivity contribution in [2.75, 3.05) is 24.3 Å². The van der Waals surface area contributed by atoms with E-state index >= 15 is 0 Å². The van der Waals surface area contributed by atoms with Gasteiger partial charge in [0.2, 0.25) is 5.91 Å². The van der Waals surface area contributed by atoms with Gasteiger partial charge in [-0.2, -0.15) is 0 Å². The standard InChI is InChI=1S/C21H22FN3O/c1-25(2)16-7-5-15(6-8-16)23-21(26)13-3-9-19-17(11-13)18-12-14(22)4-10-20(18)24-19/h4-8,10,12-13,24H,3,9,11H2,1-2H3,(H,23,26). The molecule has 0 radical (unpaired) electrons. The topological polar surface area (TPSA) is 48.1 Å². The summed E-state index contributed by atoms with van der Waals surface area (Å²) in [6, 6.07) is 12.6. The van der Waals surface area contributed by atoms with Gasteiger partial charge in [-0.15, -0.1) is 0 Å². The predicted octanol–water partition coefficient (Wildman–Crippen LogP) is 4.12. The second kappa shape index (κ2) is 6.48. The molecule has 1 heterocycles. The second-order valence-electron chi connectivity index (χ2n) is 7.14. The molecule has 0 saturated carbocycles. The van der Waals surface area contributed by atoms with Gasteiger partial charge >= 0.3 is 0 Å². The van der Waals surface area contributed by atoms with Crippen molar-refractivity contribution in [1.82, 2.24) is 4.98 Å². The molecule has 1 aliphatic carbocycles. The number of fused-ring (bicyclic) bond motifs is 3. The van der Waals surface area contributed by atoms with Gasteiger partial charge in [0.15, 0.2) is 0 Å². The number of anilines is 2. The van der Waals surface area contributed by atoms with Crippen LogP contribution in [0.3, 0.4) is 0 Å². The lowest BCUT2D eigenvalue weighted by Crippen LogP contribution is -2.28. The second-order valence-corrected chi connectivity index (χ2v) is 7.14. The molecule has 3 aromatic rings. The molecule has 1 aromatic heterocycles. The Balaban J connectivity index is 1.52. The van der Waals surface area contributed by atoms with Gasteiger partial charge in [-0.25, -0.2) is 4.39 Å². The highest BCUT2D eigenvalue weighted by Gasteiger charge is 2.27. The Morgan fingerprint density at radius 3 is 2.69 bits per heavy atom. The highest BCUT2D eigenvalue weighted by Crippen LogP contribution is 2.32. The number of aryl methyl sites for hydroxylation is 1. The van der Waals surface area contributed by atoms with Crippen molar-refractivity contribution >= 4 is 28.2 Å². The Morgan fingerprint density at radius 2 is 1.96 bits per heavy atom. The molecule has 0 fully saturated rings. The molecule has 1 atom stereocenters. The average molecular weight is 351 g/mol. The predicted molar refractivity (Wildman–Crippen MR) is 103 cm³/mol. The van der Waals surface area contributed by atoms with Crippen LogP contribution in [-0.2, 0) is 17.6 Å².